The lowest BCUT2D eigenvalue weighted by Gasteiger charge is -2.31. The number of benzene rings is 2. The third-order valence-corrected chi connectivity index (χ3v) is 3.40. The van der Waals surface area contributed by atoms with Gasteiger partial charge in [0.2, 0.25) is 0 Å². The first-order valence-corrected chi connectivity index (χ1v) is 6.43. The van der Waals surface area contributed by atoms with Gasteiger partial charge >= 0.3 is 0 Å². The van der Waals surface area contributed by atoms with Crippen LogP contribution in [0.25, 0.3) is 10.8 Å². The fourth-order valence-corrected chi connectivity index (χ4v) is 2.26. The zero-order valence-corrected chi connectivity index (χ0v) is 11.3. The predicted molar refractivity (Wildman–Crippen MR) is 76.6 cm³/mol. The van der Waals surface area contributed by atoms with Crippen molar-refractivity contribution in [2.45, 2.75) is 32.4 Å². The second kappa shape index (κ2) is 5.09. The summed E-state index contributed by atoms with van der Waals surface area (Å²) >= 11 is 0. The van der Waals surface area contributed by atoms with Gasteiger partial charge in [-0.1, -0.05) is 36.4 Å². The van der Waals surface area contributed by atoms with Crippen molar-refractivity contribution in [3.8, 4) is 0 Å². The molecular formula is C16H21NO. The zero-order chi connectivity index (χ0) is 13.2. The smallest absolute Gasteiger partial charge is 0.0818 e. The van der Waals surface area contributed by atoms with E-state index in [9.17, 15) is 0 Å². The van der Waals surface area contributed by atoms with Crippen molar-refractivity contribution in [3.05, 3.63) is 48.0 Å². The molecule has 2 aromatic rings. The van der Waals surface area contributed by atoms with Crippen LogP contribution >= 0.6 is 0 Å². The van der Waals surface area contributed by atoms with Crippen LogP contribution in [0.4, 0.5) is 0 Å². The number of hydrogen-bond acceptors (Lipinski definition) is 2. The molecule has 0 aliphatic rings. The highest BCUT2D eigenvalue weighted by atomic mass is 16.5. The Kier molecular flexibility index (Phi) is 3.69. The highest BCUT2D eigenvalue weighted by Crippen LogP contribution is 2.28. The zero-order valence-electron chi connectivity index (χ0n) is 11.3. The highest BCUT2D eigenvalue weighted by Gasteiger charge is 2.28. The molecule has 18 heavy (non-hydrogen) atoms. The van der Waals surface area contributed by atoms with Gasteiger partial charge in [-0.15, -0.1) is 0 Å². The minimum Gasteiger partial charge on any atom is -0.374 e. The van der Waals surface area contributed by atoms with E-state index >= 15 is 0 Å². The molecule has 0 bridgehead atoms. The lowest BCUT2D eigenvalue weighted by Crippen LogP contribution is -2.38. The van der Waals surface area contributed by atoms with Crippen molar-refractivity contribution in [1.29, 1.82) is 0 Å². The van der Waals surface area contributed by atoms with Crippen LogP contribution in [0, 0.1) is 0 Å². The van der Waals surface area contributed by atoms with Crippen molar-refractivity contribution in [2.75, 3.05) is 6.61 Å². The average Bonchev–Trinajstić information content (AvgIpc) is 2.37. The largest absolute Gasteiger partial charge is 0.374 e. The second-order valence-electron chi connectivity index (χ2n) is 5.12. The number of fused-ring (bicyclic) bond motifs is 1. The minimum atomic E-state index is -0.350. The molecule has 0 aromatic heterocycles. The summed E-state index contributed by atoms with van der Waals surface area (Å²) in [4.78, 5) is 0. The topological polar surface area (TPSA) is 35.2 Å². The Bertz CT molecular complexity index is 533. The Hall–Kier alpha value is -1.38. The van der Waals surface area contributed by atoms with Crippen LogP contribution < -0.4 is 5.73 Å². The Morgan fingerprint density at radius 3 is 2.44 bits per heavy atom. The number of nitrogens with two attached hydrogens (primary N) is 1. The number of ether oxygens (including phenoxy) is 1. The van der Waals surface area contributed by atoms with Crippen LogP contribution in [0.3, 0.4) is 0 Å². The van der Waals surface area contributed by atoms with Crippen molar-refractivity contribution < 1.29 is 4.74 Å². The fourth-order valence-electron chi connectivity index (χ4n) is 2.26. The SMILES string of the molecule is CCOC(C)(C)C(N)c1ccc2ccccc2c1. The van der Waals surface area contributed by atoms with Gasteiger partial charge < -0.3 is 10.5 Å². The van der Waals surface area contributed by atoms with Gasteiger partial charge in [-0.05, 0) is 43.2 Å². The van der Waals surface area contributed by atoms with Crippen LogP contribution in [0.5, 0.6) is 0 Å². The molecule has 0 radical (unpaired) electrons. The van der Waals surface area contributed by atoms with E-state index in [-0.39, 0.29) is 11.6 Å². The molecule has 2 heteroatoms. The standard InChI is InChI=1S/C16H21NO/c1-4-18-16(2,3)15(17)14-10-9-12-7-5-6-8-13(12)11-14/h5-11,15H,4,17H2,1-3H3. The van der Waals surface area contributed by atoms with Crippen molar-refractivity contribution in [1.82, 2.24) is 0 Å². The molecule has 2 rings (SSSR count). The third kappa shape index (κ3) is 2.55. The van der Waals surface area contributed by atoms with E-state index in [1.165, 1.54) is 10.8 Å². The van der Waals surface area contributed by atoms with Gasteiger partial charge in [0.1, 0.15) is 0 Å². The summed E-state index contributed by atoms with van der Waals surface area (Å²) in [5.74, 6) is 0. The molecule has 0 spiro atoms. The quantitative estimate of drug-likeness (QED) is 0.889. The fraction of sp³-hybridized carbons (Fsp3) is 0.375. The van der Waals surface area contributed by atoms with Gasteiger partial charge in [0, 0.05) is 6.61 Å². The van der Waals surface area contributed by atoms with E-state index in [2.05, 4.69) is 30.3 Å². The van der Waals surface area contributed by atoms with Crippen molar-refractivity contribution in [3.63, 3.8) is 0 Å². The van der Waals surface area contributed by atoms with Crippen LogP contribution in [-0.4, -0.2) is 12.2 Å². The van der Waals surface area contributed by atoms with E-state index in [0.29, 0.717) is 6.61 Å². The second-order valence-corrected chi connectivity index (χ2v) is 5.12. The minimum absolute atomic E-state index is 0.123. The lowest BCUT2D eigenvalue weighted by atomic mass is 9.91. The van der Waals surface area contributed by atoms with Gasteiger partial charge in [-0.2, -0.15) is 0 Å². The molecular weight excluding hydrogens is 222 g/mol. The summed E-state index contributed by atoms with van der Waals surface area (Å²) in [5.41, 5.74) is 7.09. The molecule has 0 aliphatic carbocycles. The summed E-state index contributed by atoms with van der Waals surface area (Å²) in [6.45, 7) is 6.75. The highest BCUT2D eigenvalue weighted by molar-refractivity contribution is 5.83. The summed E-state index contributed by atoms with van der Waals surface area (Å²) in [7, 11) is 0. The molecule has 2 aromatic carbocycles. The van der Waals surface area contributed by atoms with Crippen molar-refractivity contribution in [2.24, 2.45) is 5.73 Å². The third-order valence-electron chi connectivity index (χ3n) is 3.40. The predicted octanol–water partition coefficient (Wildman–Crippen LogP) is 3.65. The molecule has 0 amide bonds. The summed E-state index contributed by atoms with van der Waals surface area (Å²) < 4.78 is 5.73. The molecule has 0 saturated carbocycles. The van der Waals surface area contributed by atoms with E-state index < -0.39 is 0 Å². The monoisotopic (exact) mass is 243 g/mol. The maximum atomic E-state index is 6.32. The van der Waals surface area contributed by atoms with E-state index in [1.807, 2.05) is 32.9 Å². The van der Waals surface area contributed by atoms with Gasteiger partial charge in [0.15, 0.2) is 0 Å². The molecule has 0 aliphatic heterocycles. The first-order chi connectivity index (χ1) is 8.54. The molecule has 2 N–H and O–H groups in total. The van der Waals surface area contributed by atoms with Gasteiger partial charge in [-0.25, -0.2) is 0 Å². The Morgan fingerprint density at radius 1 is 1.11 bits per heavy atom. The summed E-state index contributed by atoms with van der Waals surface area (Å²) in [5, 5.41) is 2.46. The molecule has 0 saturated heterocycles. The van der Waals surface area contributed by atoms with Crippen LogP contribution in [-0.2, 0) is 4.74 Å². The van der Waals surface area contributed by atoms with Crippen LogP contribution in [0.1, 0.15) is 32.4 Å². The average molecular weight is 243 g/mol. The van der Waals surface area contributed by atoms with Gasteiger partial charge in [-0.3, -0.25) is 0 Å². The summed E-state index contributed by atoms with van der Waals surface area (Å²) in [6, 6.07) is 14.6. The molecule has 1 atom stereocenters. The molecule has 96 valence electrons. The van der Waals surface area contributed by atoms with E-state index in [0.717, 1.165) is 5.56 Å². The maximum Gasteiger partial charge on any atom is 0.0818 e. The Balaban J connectivity index is 2.36. The van der Waals surface area contributed by atoms with Crippen molar-refractivity contribution >= 4 is 10.8 Å². The maximum absolute atomic E-state index is 6.32. The molecule has 1 unspecified atom stereocenters. The van der Waals surface area contributed by atoms with E-state index in [1.54, 1.807) is 0 Å². The number of rotatable bonds is 4. The first-order valence-electron chi connectivity index (χ1n) is 6.43. The molecule has 0 fully saturated rings. The normalized spacial score (nSPS) is 13.8. The summed E-state index contributed by atoms with van der Waals surface area (Å²) in [6.07, 6.45) is 0. The van der Waals surface area contributed by atoms with E-state index in [4.69, 9.17) is 10.5 Å². The molecule has 2 nitrogen and oxygen atoms in total. The van der Waals surface area contributed by atoms with Gasteiger partial charge in [0.05, 0.1) is 11.6 Å². The molecule has 0 heterocycles. The lowest BCUT2D eigenvalue weighted by molar-refractivity contribution is -0.0297. The van der Waals surface area contributed by atoms with Crippen LogP contribution in [0.2, 0.25) is 0 Å². The Labute approximate surface area is 109 Å². The first kappa shape index (κ1) is 13.1. The number of hydrogen-bond donors (Lipinski definition) is 1. The Morgan fingerprint density at radius 2 is 1.78 bits per heavy atom. The van der Waals surface area contributed by atoms with Crippen LogP contribution in [0.15, 0.2) is 42.5 Å². The van der Waals surface area contributed by atoms with Gasteiger partial charge in [0.25, 0.3) is 0 Å².